The summed E-state index contributed by atoms with van der Waals surface area (Å²) in [6.45, 7) is 2.42. The summed E-state index contributed by atoms with van der Waals surface area (Å²) >= 11 is 0. The van der Waals surface area contributed by atoms with E-state index >= 15 is 0 Å². The highest BCUT2D eigenvalue weighted by atomic mass is 32.2. The summed E-state index contributed by atoms with van der Waals surface area (Å²) in [5.74, 6) is 0.101. The van der Waals surface area contributed by atoms with Gasteiger partial charge < -0.3 is 15.5 Å². The van der Waals surface area contributed by atoms with Crippen molar-refractivity contribution < 1.29 is 13.2 Å². The van der Waals surface area contributed by atoms with Gasteiger partial charge in [0.2, 0.25) is 15.9 Å². The van der Waals surface area contributed by atoms with Gasteiger partial charge in [0, 0.05) is 32.2 Å². The number of para-hydroxylation sites is 1. The van der Waals surface area contributed by atoms with E-state index in [-0.39, 0.29) is 22.8 Å². The molecular formula is C17H26N4O3S. The molecule has 25 heavy (non-hydrogen) atoms. The zero-order valence-electron chi connectivity index (χ0n) is 14.5. The van der Waals surface area contributed by atoms with Crippen molar-refractivity contribution in [2.45, 2.75) is 30.2 Å². The average Bonchev–Trinajstić information content (AvgIpc) is 3.07. The number of nitrogens with zero attached hydrogens (tertiary/aromatic N) is 2. The van der Waals surface area contributed by atoms with Crippen molar-refractivity contribution >= 4 is 21.6 Å². The van der Waals surface area contributed by atoms with Gasteiger partial charge in [-0.05, 0) is 32.0 Å². The fourth-order valence-corrected chi connectivity index (χ4v) is 4.70. The molecule has 3 rings (SSSR count). The summed E-state index contributed by atoms with van der Waals surface area (Å²) in [5.41, 5.74) is 6.74. The SMILES string of the molecule is CNS(=O)(=O)c1ccccc1N1CCN(C(=O)[C@H]2CCC[C@H]2N)CC1. The van der Waals surface area contributed by atoms with Gasteiger partial charge in [0.1, 0.15) is 4.90 Å². The Kier molecular flexibility index (Phi) is 5.31. The van der Waals surface area contributed by atoms with E-state index in [9.17, 15) is 13.2 Å². The molecule has 2 atom stereocenters. The van der Waals surface area contributed by atoms with Crippen LogP contribution in [0.1, 0.15) is 19.3 Å². The van der Waals surface area contributed by atoms with E-state index in [4.69, 9.17) is 5.73 Å². The number of carbonyl (C=O) groups is 1. The summed E-state index contributed by atoms with van der Waals surface area (Å²) in [7, 11) is -2.11. The van der Waals surface area contributed by atoms with E-state index in [1.54, 1.807) is 12.1 Å². The van der Waals surface area contributed by atoms with E-state index in [2.05, 4.69) is 4.72 Å². The third-order valence-corrected chi connectivity index (χ3v) is 6.70. The minimum absolute atomic E-state index is 0.0213. The molecule has 0 aromatic heterocycles. The number of nitrogens with one attached hydrogen (secondary N) is 1. The van der Waals surface area contributed by atoms with E-state index in [1.165, 1.54) is 7.05 Å². The first-order valence-electron chi connectivity index (χ1n) is 8.76. The summed E-state index contributed by atoms with van der Waals surface area (Å²) in [6, 6.07) is 6.95. The predicted octanol–water partition coefficient (Wildman–Crippen LogP) is 0.371. The number of amides is 1. The maximum Gasteiger partial charge on any atom is 0.242 e. The molecule has 8 heteroatoms. The first-order valence-corrected chi connectivity index (χ1v) is 10.2. The lowest BCUT2D eigenvalue weighted by molar-refractivity contribution is -0.136. The third kappa shape index (κ3) is 3.65. The van der Waals surface area contributed by atoms with E-state index in [0.717, 1.165) is 19.3 Å². The molecule has 7 nitrogen and oxygen atoms in total. The smallest absolute Gasteiger partial charge is 0.242 e. The molecule has 1 aromatic rings. The van der Waals surface area contributed by atoms with Crippen LogP contribution < -0.4 is 15.4 Å². The fourth-order valence-electron chi connectivity index (χ4n) is 3.75. The highest BCUT2D eigenvalue weighted by molar-refractivity contribution is 7.89. The maximum absolute atomic E-state index is 12.6. The minimum atomic E-state index is -3.52. The molecule has 0 spiro atoms. The molecule has 1 saturated carbocycles. The van der Waals surface area contributed by atoms with Crippen molar-refractivity contribution in [2.75, 3.05) is 38.1 Å². The van der Waals surface area contributed by atoms with Crippen LogP contribution in [0.3, 0.4) is 0 Å². The van der Waals surface area contributed by atoms with Crippen LogP contribution in [0.2, 0.25) is 0 Å². The first kappa shape index (κ1) is 18.2. The number of rotatable bonds is 4. The molecule has 1 amide bonds. The van der Waals surface area contributed by atoms with Crippen molar-refractivity contribution in [1.82, 2.24) is 9.62 Å². The number of nitrogens with two attached hydrogens (primary N) is 1. The van der Waals surface area contributed by atoms with Crippen molar-refractivity contribution in [3.63, 3.8) is 0 Å². The minimum Gasteiger partial charge on any atom is -0.367 e. The van der Waals surface area contributed by atoms with Crippen LogP contribution in [0.4, 0.5) is 5.69 Å². The molecule has 3 N–H and O–H groups in total. The van der Waals surface area contributed by atoms with Crippen molar-refractivity contribution in [3.05, 3.63) is 24.3 Å². The first-order chi connectivity index (χ1) is 11.9. The number of hydrogen-bond acceptors (Lipinski definition) is 5. The van der Waals surface area contributed by atoms with Gasteiger partial charge in [0.15, 0.2) is 0 Å². The Bertz CT molecular complexity index is 729. The van der Waals surface area contributed by atoms with E-state index < -0.39 is 10.0 Å². The Labute approximate surface area is 149 Å². The highest BCUT2D eigenvalue weighted by Gasteiger charge is 2.35. The van der Waals surface area contributed by atoms with Crippen LogP contribution in [0, 0.1) is 5.92 Å². The second kappa shape index (κ2) is 7.31. The summed E-state index contributed by atoms with van der Waals surface area (Å²) in [6.07, 6.45) is 2.82. The van der Waals surface area contributed by atoms with Crippen LogP contribution in [0.5, 0.6) is 0 Å². The fraction of sp³-hybridized carbons (Fsp3) is 0.588. The zero-order chi connectivity index (χ0) is 18.0. The number of carbonyl (C=O) groups excluding carboxylic acids is 1. The number of piperazine rings is 1. The van der Waals surface area contributed by atoms with Gasteiger partial charge in [0.25, 0.3) is 0 Å². The van der Waals surface area contributed by atoms with Gasteiger partial charge in [-0.3, -0.25) is 4.79 Å². The molecule has 1 aromatic carbocycles. The Hall–Kier alpha value is -1.64. The monoisotopic (exact) mass is 366 g/mol. The quantitative estimate of drug-likeness (QED) is 0.803. The molecular weight excluding hydrogens is 340 g/mol. The van der Waals surface area contributed by atoms with Gasteiger partial charge in [0.05, 0.1) is 11.6 Å². The Balaban J connectivity index is 1.70. The van der Waals surface area contributed by atoms with Crippen LogP contribution >= 0.6 is 0 Å². The third-order valence-electron chi connectivity index (χ3n) is 5.24. The van der Waals surface area contributed by atoms with Crippen molar-refractivity contribution in [2.24, 2.45) is 11.7 Å². The Morgan fingerprint density at radius 1 is 1.16 bits per heavy atom. The van der Waals surface area contributed by atoms with E-state index in [1.807, 2.05) is 21.9 Å². The second-order valence-electron chi connectivity index (χ2n) is 6.69. The number of hydrogen-bond donors (Lipinski definition) is 2. The van der Waals surface area contributed by atoms with Crippen LogP contribution in [0.25, 0.3) is 0 Å². The number of anilines is 1. The molecule has 2 aliphatic rings. The van der Waals surface area contributed by atoms with Gasteiger partial charge in [-0.2, -0.15) is 0 Å². The molecule has 0 bridgehead atoms. The highest BCUT2D eigenvalue weighted by Crippen LogP contribution is 2.28. The summed E-state index contributed by atoms with van der Waals surface area (Å²) in [5, 5.41) is 0. The van der Waals surface area contributed by atoms with Gasteiger partial charge in [-0.25, -0.2) is 13.1 Å². The van der Waals surface area contributed by atoms with E-state index in [0.29, 0.717) is 31.9 Å². The molecule has 1 saturated heterocycles. The Morgan fingerprint density at radius 3 is 2.44 bits per heavy atom. The second-order valence-corrected chi connectivity index (χ2v) is 8.54. The van der Waals surface area contributed by atoms with Crippen molar-refractivity contribution in [1.29, 1.82) is 0 Å². The topological polar surface area (TPSA) is 95.7 Å². The lowest BCUT2D eigenvalue weighted by Crippen LogP contribution is -2.52. The number of benzene rings is 1. The molecule has 1 aliphatic carbocycles. The van der Waals surface area contributed by atoms with Crippen LogP contribution in [-0.4, -0.2) is 58.5 Å². The average molecular weight is 366 g/mol. The molecule has 0 unspecified atom stereocenters. The lowest BCUT2D eigenvalue weighted by atomic mass is 10.0. The largest absolute Gasteiger partial charge is 0.367 e. The molecule has 1 aliphatic heterocycles. The van der Waals surface area contributed by atoms with Gasteiger partial charge in [-0.1, -0.05) is 18.6 Å². The van der Waals surface area contributed by atoms with Gasteiger partial charge >= 0.3 is 0 Å². The van der Waals surface area contributed by atoms with Crippen molar-refractivity contribution in [3.8, 4) is 0 Å². The Morgan fingerprint density at radius 2 is 1.84 bits per heavy atom. The zero-order valence-corrected chi connectivity index (χ0v) is 15.3. The lowest BCUT2D eigenvalue weighted by Gasteiger charge is -2.38. The molecule has 1 heterocycles. The molecule has 0 radical (unpaired) electrons. The molecule has 138 valence electrons. The van der Waals surface area contributed by atoms with Crippen LogP contribution in [-0.2, 0) is 14.8 Å². The normalized spacial score (nSPS) is 24.6. The summed E-state index contributed by atoms with van der Waals surface area (Å²) < 4.78 is 26.8. The van der Waals surface area contributed by atoms with Gasteiger partial charge in [-0.15, -0.1) is 0 Å². The van der Waals surface area contributed by atoms with Crippen LogP contribution in [0.15, 0.2) is 29.2 Å². The number of sulfonamides is 1. The standard InChI is InChI=1S/C17H26N4O3S/c1-19-25(23,24)16-8-3-2-7-15(16)20-9-11-21(12-10-20)17(22)13-5-4-6-14(13)18/h2-3,7-8,13-14,19H,4-6,9-12,18H2,1H3/t13-,14+/m0/s1. The summed E-state index contributed by atoms with van der Waals surface area (Å²) in [4.78, 5) is 16.8. The maximum atomic E-state index is 12.6. The molecule has 2 fully saturated rings. The predicted molar refractivity (Wildman–Crippen MR) is 96.8 cm³/mol.